The standard InChI is InChI=1S/C23H20N2O4/c1-27-18-13-11-16(12-14-18)15-24-25-23(26)22-21(17-7-3-2-4-8-17)28-19-9-5-6-10-20(19)29-22/h2-15,21-22H,1H3,(H,25,26)/b24-15-/t21-,22-/m1/s1. The van der Waals surface area contributed by atoms with Crippen LogP contribution in [-0.4, -0.2) is 25.3 Å². The predicted octanol–water partition coefficient (Wildman–Crippen LogP) is 3.73. The molecule has 3 aromatic carbocycles. The molecule has 0 saturated carbocycles. The average Bonchev–Trinajstić information content (AvgIpc) is 2.79. The highest BCUT2D eigenvalue weighted by Gasteiger charge is 2.38. The van der Waals surface area contributed by atoms with E-state index in [9.17, 15) is 4.79 Å². The Kier molecular flexibility index (Phi) is 5.42. The number of rotatable bonds is 5. The molecule has 3 aromatic rings. The van der Waals surface area contributed by atoms with E-state index in [1.165, 1.54) is 0 Å². The molecular formula is C23H20N2O4. The first-order valence-electron chi connectivity index (χ1n) is 9.19. The fraction of sp³-hybridized carbons (Fsp3) is 0.130. The number of amides is 1. The number of methoxy groups -OCH3 is 1. The van der Waals surface area contributed by atoms with Crippen LogP contribution >= 0.6 is 0 Å². The second-order valence-corrected chi connectivity index (χ2v) is 6.44. The lowest BCUT2D eigenvalue weighted by atomic mass is 10.0. The van der Waals surface area contributed by atoms with Gasteiger partial charge in [-0.2, -0.15) is 5.10 Å². The molecule has 0 bridgehead atoms. The van der Waals surface area contributed by atoms with Crippen LogP contribution in [0.2, 0.25) is 0 Å². The van der Waals surface area contributed by atoms with Gasteiger partial charge in [0, 0.05) is 0 Å². The van der Waals surface area contributed by atoms with Crippen molar-refractivity contribution in [2.75, 3.05) is 7.11 Å². The molecule has 1 aliphatic heterocycles. The van der Waals surface area contributed by atoms with Gasteiger partial charge in [0.2, 0.25) is 6.10 Å². The summed E-state index contributed by atoms with van der Waals surface area (Å²) < 4.78 is 17.2. The van der Waals surface area contributed by atoms with Gasteiger partial charge in [0.15, 0.2) is 17.6 Å². The maximum atomic E-state index is 12.8. The molecule has 0 fully saturated rings. The van der Waals surface area contributed by atoms with Crippen LogP contribution in [0.4, 0.5) is 0 Å². The van der Waals surface area contributed by atoms with E-state index in [4.69, 9.17) is 14.2 Å². The minimum atomic E-state index is -0.875. The maximum absolute atomic E-state index is 12.8. The van der Waals surface area contributed by atoms with E-state index in [1.807, 2.05) is 72.8 Å². The van der Waals surface area contributed by atoms with E-state index >= 15 is 0 Å². The summed E-state index contributed by atoms with van der Waals surface area (Å²) in [6.07, 6.45) is 0.106. The molecule has 6 heteroatoms. The molecule has 6 nitrogen and oxygen atoms in total. The first-order chi connectivity index (χ1) is 14.2. The zero-order valence-corrected chi connectivity index (χ0v) is 15.8. The number of carbonyl (C=O) groups excluding carboxylic acids is 1. The second kappa shape index (κ2) is 8.48. The number of hydrazone groups is 1. The van der Waals surface area contributed by atoms with Crippen molar-refractivity contribution in [1.29, 1.82) is 0 Å². The van der Waals surface area contributed by atoms with Crippen molar-refractivity contribution in [3.05, 3.63) is 90.0 Å². The number of para-hydroxylation sites is 2. The zero-order valence-electron chi connectivity index (χ0n) is 15.8. The van der Waals surface area contributed by atoms with Crippen LogP contribution in [-0.2, 0) is 4.79 Å². The lowest BCUT2D eigenvalue weighted by molar-refractivity contribution is -0.134. The first kappa shape index (κ1) is 18.6. The summed E-state index contributed by atoms with van der Waals surface area (Å²) in [5.41, 5.74) is 4.23. The summed E-state index contributed by atoms with van der Waals surface area (Å²) in [6, 6.07) is 24.2. The van der Waals surface area contributed by atoms with E-state index in [0.717, 1.165) is 16.9 Å². The Bertz CT molecular complexity index is 1000. The molecule has 29 heavy (non-hydrogen) atoms. The molecule has 4 rings (SSSR count). The van der Waals surface area contributed by atoms with Gasteiger partial charge < -0.3 is 14.2 Å². The van der Waals surface area contributed by atoms with Crippen molar-refractivity contribution in [2.24, 2.45) is 5.10 Å². The number of benzene rings is 3. The monoisotopic (exact) mass is 388 g/mol. The number of nitrogens with zero attached hydrogens (tertiary/aromatic N) is 1. The van der Waals surface area contributed by atoms with E-state index < -0.39 is 18.1 Å². The minimum Gasteiger partial charge on any atom is -0.497 e. The van der Waals surface area contributed by atoms with Crippen molar-refractivity contribution < 1.29 is 19.0 Å². The lowest BCUT2D eigenvalue weighted by Crippen LogP contribution is -2.44. The third-order valence-corrected chi connectivity index (χ3v) is 4.52. The Hall–Kier alpha value is -3.80. The highest BCUT2D eigenvalue weighted by molar-refractivity contribution is 5.85. The Balaban J connectivity index is 1.52. The highest BCUT2D eigenvalue weighted by Crippen LogP contribution is 2.39. The molecule has 1 aliphatic rings. The molecule has 0 unspecified atom stereocenters. The zero-order chi connectivity index (χ0) is 20.1. The highest BCUT2D eigenvalue weighted by atomic mass is 16.6. The third kappa shape index (κ3) is 4.21. The molecule has 146 valence electrons. The fourth-order valence-corrected chi connectivity index (χ4v) is 3.04. The smallest absolute Gasteiger partial charge is 0.285 e. The summed E-state index contributed by atoms with van der Waals surface area (Å²) in [7, 11) is 1.61. The summed E-state index contributed by atoms with van der Waals surface area (Å²) in [5, 5.41) is 4.06. The molecule has 1 amide bonds. The van der Waals surface area contributed by atoms with Crippen LogP contribution < -0.4 is 19.6 Å². The van der Waals surface area contributed by atoms with E-state index in [0.29, 0.717) is 11.5 Å². The summed E-state index contributed by atoms with van der Waals surface area (Å²) in [5.74, 6) is 1.49. The quantitative estimate of drug-likeness (QED) is 0.534. The van der Waals surface area contributed by atoms with Gasteiger partial charge >= 0.3 is 0 Å². The van der Waals surface area contributed by atoms with Crippen molar-refractivity contribution >= 4 is 12.1 Å². The Morgan fingerprint density at radius 3 is 2.28 bits per heavy atom. The van der Waals surface area contributed by atoms with Gasteiger partial charge in [-0.05, 0) is 47.5 Å². The van der Waals surface area contributed by atoms with Crippen molar-refractivity contribution in [3.63, 3.8) is 0 Å². The van der Waals surface area contributed by atoms with Gasteiger partial charge in [-0.3, -0.25) is 4.79 Å². The van der Waals surface area contributed by atoms with Crippen LogP contribution in [0, 0.1) is 0 Å². The van der Waals surface area contributed by atoms with Gasteiger partial charge in [0.1, 0.15) is 5.75 Å². The molecular weight excluding hydrogens is 368 g/mol. The topological polar surface area (TPSA) is 69.2 Å². The van der Waals surface area contributed by atoms with Crippen molar-refractivity contribution in [2.45, 2.75) is 12.2 Å². The molecule has 0 saturated heterocycles. The normalized spacial score (nSPS) is 17.7. The molecule has 1 N–H and O–H groups in total. The molecule has 0 spiro atoms. The van der Waals surface area contributed by atoms with Gasteiger partial charge in [0.25, 0.3) is 5.91 Å². The number of nitrogens with one attached hydrogen (secondary N) is 1. The number of fused-ring (bicyclic) bond motifs is 1. The molecule has 0 radical (unpaired) electrons. The van der Waals surface area contributed by atoms with Crippen molar-refractivity contribution in [3.8, 4) is 17.2 Å². The second-order valence-electron chi connectivity index (χ2n) is 6.44. The number of ether oxygens (including phenoxy) is 3. The number of hydrogen-bond donors (Lipinski definition) is 1. The van der Waals surface area contributed by atoms with E-state index in [1.54, 1.807) is 19.4 Å². The fourth-order valence-electron chi connectivity index (χ4n) is 3.04. The Labute approximate surface area is 168 Å². The predicted molar refractivity (Wildman–Crippen MR) is 109 cm³/mol. The van der Waals surface area contributed by atoms with Crippen LogP contribution in [0.15, 0.2) is 84.0 Å². The van der Waals surface area contributed by atoms with Crippen LogP contribution in [0.3, 0.4) is 0 Å². The van der Waals surface area contributed by atoms with Crippen LogP contribution in [0.25, 0.3) is 0 Å². The number of carbonyl (C=O) groups is 1. The van der Waals surface area contributed by atoms with E-state index in [2.05, 4.69) is 10.5 Å². The largest absolute Gasteiger partial charge is 0.497 e. The van der Waals surface area contributed by atoms with Gasteiger partial charge in [-0.15, -0.1) is 0 Å². The van der Waals surface area contributed by atoms with Gasteiger partial charge in [0.05, 0.1) is 13.3 Å². The maximum Gasteiger partial charge on any atom is 0.285 e. The molecule has 2 atom stereocenters. The Morgan fingerprint density at radius 2 is 1.59 bits per heavy atom. The lowest BCUT2D eigenvalue weighted by Gasteiger charge is -2.32. The van der Waals surface area contributed by atoms with Crippen molar-refractivity contribution in [1.82, 2.24) is 5.43 Å². The van der Waals surface area contributed by atoms with Gasteiger partial charge in [-0.25, -0.2) is 5.43 Å². The van der Waals surface area contributed by atoms with Crippen LogP contribution in [0.5, 0.6) is 17.2 Å². The summed E-state index contributed by atoms with van der Waals surface area (Å²) in [6.45, 7) is 0. The molecule has 0 aromatic heterocycles. The number of hydrogen-bond acceptors (Lipinski definition) is 5. The summed E-state index contributed by atoms with van der Waals surface area (Å²) in [4.78, 5) is 12.8. The molecule has 1 heterocycles. The Morgan fingerprint density at radius 1 is 0.931 bits per heavy atom. The average molecular weight is 388 g/mol. The first-order valence-corrected chi connectivity index (χ1v) is 9.19. The SMILES string of the molecule is COc1ccc(/C=N\NC(=O)[C@@H]2Oc3ccccc3O[C@@H]2c2ccccc2)cc1. The van der Waals surface area contributed by atoms with Crippen LogP contribution in [0.1, 0.15) is 17.2 Å². The third-order valence-electron chi connectivity index (χ3n) is 4.52. The minimum absolute atomic E-state index is 0.391. The molecule has 0 aliphatic carbocycles. The van der Waals surface area contributed by atoms with Gasteiger partial charge in [-0.1, -0.05) is 42.5 Å². The summed E-state index contributed by atoms with van der Waals surface area (Å²) >= 11 is 0. The van der Waals surface area contributed by atoms with E-state index in [-0.39, 0.29) is 0 Å².